The summed E-state index contributed by atoms with van der Waals surface area (Å²) in [4.78, 5) is 0.0983. The van der Waals surface area contributed by atoms with Crippen molar-refractivity contribution in [3.63, 3.8) is 0 Å². The second-order valence-electron chi connectivity index (χ2n) is 7.09. The van der Waals surface area contributed by atoms with Gasteiger partial charge in [-0.1, -0.05) is 0 Å². The topological polar surface area (TPSA) is 102 Å². The Kier molecular flexibility index (Phi) is 6.30. The first kappa shape index (κ1) is 22.4. The van der Waals surface area contributed by atoms with Gasteiger partial charge in [-0.05, 0) is 68.1 Å². The quantitative estimate of drug-likeness (QED) is 0.690. The molecule has 0 amide bonds. The number of hydrogen-bond acceptors (Lipinski definition) is 6. The SMILES string of the molecule is COc1ccc(S(=O)(=O)N2CCCC2)cc1NS(=O)(=O)c1ccc(OC)c(C)c1C. The largest absolute Gasteiger partial charge is 0.496 e. The van der Waals surface area contributed by atoms with E-state index in [4.69, 9.17) is 9.47 Å². The Balaban J connectivity index is 2.02. The fraction of sp³-hybridized carbons (Fsp3) is 0.400. The Hall–Kier alpha value is -2.30. The minimum Gasteiger partial charge on any atom is -0.496 e. The van der Waals surface area contributed by atoms with Crippen molar-refractivity contribution in [2.75, 3.05) is 32.0 Å². The van der Waals surface area contributed by atoms with Crippen LogP contribution in [0.2, 0.25) is 0 Å². The first-order valence-electron chi connectivity index (χ1n) is 9.47. The van der Waals surface area contributed by atoms with Crippen LogP contribution >= 0.6 is 0 Å². The van der Waals surface area contributed by atoms with E-state index in [1.807, 2.05) is 0 Å². The summed E-state index contributed by atoms with van der Waals surface area (Å²) >= 11 is 0. The minimum absolute atomic E-state index is 0.0190. The van der Waals surface area contributed by atoms with Crippen LogP contribution < -0.4 is 14.2 Å². The fourth-order valence-electron chi connectivity index (χ4n) is 3.49. The van der Waals surface area contributed by atoms with Gasteiger partial charge in [0.2, 0.25) is 10.0 Å². The van der Waals surface area contributed by atoms with E-state index in [9.17, 15) is 16.8 Å². The highest BCUT2D eigenvalue weighted by molar-refractivity contribution is 7.92. The summed E-state index contributed by atoms with van der Waals surface area (Å²) in [6, 6.07) is 7.22. The minimum atomic E-state index is -4.00. The predicted molar refractivity (Wildman–Crippen MR) is 114 cm³/mol. The van der Waals surface area contributed by atoms with Gasteiger partial charge in [-0.3, -0.25) is 4.72 Å². The van der Waals surface area contributed by atoms with Gasteiger partial charge < -0.3 is 9.47 Å². The van der Waals surface area contributed by atoms with Crippen molar-refractivity contribution in [3.05, 3.63) is 41.5 Å². The maximum Gasteiger partial charge on any atom is 0.262 e. The number of methoxy groups -OCH3 is 2. The molecular formula is C20H26N2O6S2. The summed E-state index contributed by atoms with van der Waals surface area (Å²) in [5.74, 6) is 0.810. The monoisotopic (exact) mass is 454 g/mol. The molecule has 0 saturated carbocycles. The third kappa shape index (κ3) is 4.12. The smallest absolute Gasteiger partial charge is 0.262 e. The molecule has 0 aromatic heterocycles. The number of hydrogen-bond donors (Lipinski definition) is 1. The first-order valence-corrected chi connectivity index (χ1v) is 12.4. The van der Waals surface area contributed by atoms with Gasteiger partial charge in [0.25, 0.3) is 10.0 Å². The lowest BCUT2D eigenvalue weighted by molar-refractivity contribution is 0.410. The van der Waals surface area contributed by atoms with Crippen LogP contribution in [0.4, 0.5) is 5.69 Å². The first-order chi connectivity index (χ1) is 14.1. The van der Waals surface area contributed by atoms with Gasteiger partial charge in [0, 0.05) is 13.1 Å². The number of sulfonamides is 2. The molecule has 0 aliphatic carbocycles. The van der Waals surface area contributed by atoms with Crippen LogP contribution in [0.15, 0.2) is 40.1 Å². The van der Waals surface area contributed by atoms with Crippen LogP contribution in [-0.4, -0.2) is 48.4 Å². The highest BCUT2D eigenvalue weighted by atomic mass is 32.2. The zero-order valence-corrected chi connectivity index (χ0v) is 19.1. The van der Waals surface area contributed by atoms with E-state index < -0.39 is 20.0 Å². The molecule has 1 aliphatic rings. The van der Waals surface area contributed by atoms with Gasteiger partial charge >= 0.3 is 0 Å². The maximum absolute atomic E-state index is 13.1. The van der Waals surface area contributed by atoms with Crippen molar-refractivity contribution in [1.29, 1.82) is 0 Å². The molecule has 2 aromatic carbocycles. The molecule has 1 aliphatic heterocycles. The standard InChI is InChI=1S/C20H26N2O6S2/c1-14-15(2)20(10-9-18(14)27-3)29(23,24)21-17-13-16(7-8-19(17)28-4)30(25,26)22-11-5-6-12-22/h7-10,13,21H,5-6,11-12H2,1-4H3. The van der Waals surface area contributed by atoms with E-state index in [0.29, 0.717) is 30.0 Å². The molecule has 1 fully saturated rings. The van der Waals surface area contributed by atoms with Crippen molar-refractivity contribution in [2.24, 2.45) is 0 Å². The zero-order chi connectivity index (χ0) is 22.1. The molecule has 0 spiro atoms. The Labute approximate surface area is 177 Å². The molecule has 30 heavy (non-hydrogen) atoms. The number of benzene rings is 2. The molecule has 2 aromatic rings. The molecule has 0 radical (unpaired) electrons. The summed E-state index contributed by atoms with van der Waals surface area (Å²) in [5.41, 5.74) is 1.31. The van der Waals surface area contributed by atoms with Crippen molar-refractivity contribution < 1.29 is 26.3 Å². The van der Waals surface area contributed by atoms with Gasteiger partial charge in [0.15, 0.2) is 0 Å². The molecular weight excluding hydrogens is 428 g/mol. The Morgan fingerprint density at radius 3 is 2.07 bits per heavy atom. The van der Waals surface area contributed by atoms with Crippen LogP contribution in [0.3, 0.4) is 0 Å². The second-order valence-corrected chi connectivity index (χ2v) is 10.7. The average Bonchev–Trinajstić information content (AvgIpc) is 3.25. The van der Waals surface area contributed by atoms with Crippen LogP contribution in [0.1, 0.15) is 24.0 Å². The highest BCUT2D eigenvalue weighted by Gasteiger charge is 2.29. The molecule has 1 saturated heterocycles. The summed E-state index contributed by atoms with van der Waals surface area (Å²) in [7, 11) is -4.79. The van der Waals surface area contributed by atoms with Crippen LogP contribution in [0.25, 0.3) is 0 Å². The molecule has 0 unspecified atom stereocenters. The summed E-state index contributed by atoms with van der Waals surface area (Å²) in [6.45, 7) is 4.38. The third-order valence-corrected chi connectivity index (χ3v) is 8.72. The maximum atomic E-state index is 13.1. The Morgan fingerprint density at radius 1 is 0.867 bits per heavy atom. The van der Waals surface area contributed by atoms with Gasteiger partial charge in [-0.25, -0.2) is 16.8 Å². The van der Waals surface area contributed by atoms with E-state index in [0.717, 1.165) is 12.8 Å². The Bertz CT molecular complexity index is 1150. The molecule has 164 valence electrons. The molecule has 1 N–H and O–H groups in total. The molecule has 1 heterocycles. The molecule has 0 bridgehead atoms. The van der Waals surface area contributed by atoms with Crippen molar-refractivity contribution >= 4 is 25.7 Å². The van der Waals surface area contributed by atoms with E-state index in [-0.39, 0.29) is 21.2 Å². The molecule has 10 heteroatoms. The Morgan fingerprint density at radius 2 is 1.47 bits per heavy atom. The lowest BCUT2D eigenvalue weighted by Gasteiger charge is -2.18. The predicted octanol–water partition coefficient (Wildman–Crippen LogP) is 2.91. The van der Waals surface area contributed by atoms with E-state index in [1.165, 1.54) is 42.8 Å². The summed E-state index contributed by atoms with van der Waals surface area (Å²) in [6.07, 6.45) is 1.62. The van der Waals surface area contributed by atoms with Crippen molar-refractivity contribution in [3.8, 4) is 11.5 Å². The normalized spacial score (nSPS) is 15.2. The summed E-state index contributed by atoms with van der Waals surface area (Å²) in [5, 5.41) is 0. The van der Waals surface area contributed by atoms with Gasteiger partial charge in [-0.2, -0.15) is 4.31 Å². The molecule has 8 nitrogen and oxygen atoms in total. The van der Waals surface area contributed by atoms with Crippen LogP contribution in [0.5, 0.6) is 11.5 Å². The zero-order valence-electron chi connectivity index (χ0n) is 17.4. The van der Waals surface area contributed by atoms with Crippen LogP contribution in [0, 0.1) is 13.8 Å². The van der Waals surface area contributed by atoms with Crippen molar-refractivity contribution in [1.82, 2.24) is 4.31 Å². The number of nitrogens with one attached hydrogen (secondary N) is 1. The van der Waals surface area contributed by atoms with E-state index in [1.54, 1.807) is 19.9 Å². The van der Waals surface area contributed by atoms with Crippen molar-refractivity contribution in [2.45, 2.75) is 36.5 Å². The molecule has 0 atom stereocenters. The third-order valence-electron chi connectivity index (χ3n) is 5.32. The van der Waals surface area contributed by atoms with Gasteiger partial charge in [-0.15, -0.1) is 0 Å². The molecule has 3 rings (SSSR count). The van der Waals surface area contributed by atoms with E-state index >= 15 is 0 Å². The number of ether oxygens (including phenoxy) is 2. The lowest BCUT2D eigenvalue weighted by Crippen LogP contribution is -2.28. The number of rotatable bonds is 7. The van der Waals surface area contributed by atoms with Crippen LogP contribution in [-0.2, 0) is 20.0 Å². The second kappa shape index (κ2) is 8.44. The van der Waals surface area contributed by atoms with E-state index in [2.05, 4.69) is 4.72 Å². The fourth-order valence-corrected chi connectivity index (χ4v) is 6.39. The summed E-state index contributed by atoms with van der Waals surface area (Å²) < 4.78 is 66.3. The average molecular weight is 455 g/mol. The lowest BCUT2D eigenvalue weighted by atomic mass is 10.1. The van der Waals surface area contributed by atoms with Gasteiger partial charge in [0.1, 0.15) is 11.5 Å². The highest BCUT2D eigenvalue weighted by Crippen LogP contribution is 2.33. The van der Waals surface area contributed by atoms with Gasteiger partial charge in [0.05, 0.1) is 29.7 Å². The number of anilines is 1. The number of nitrogens with zero attached hydrogens (tertiary/aromatic N) is 1.